The Labute approximate surface area is 189 Å². The van der Waals surface area contributed by atoms with Gasteiger partial charge in [-0.15, -0.1) is 0 Å². The smallest absolute Gasteiger partial charge is 0.335 e. The van der Waals surface area contributed by atoms with Crippen LogP contribution in [0.25, 0.3) is 6.08 Å². The molecule has 0 unspecified atom stereocenters. The van der Waals surface area contributed by atoms with E-state index in [1.807, 2.05) is 0 Å². The first-order chi connectivity index (χ1) is 14.8. The number of imide groups is 2. The largest absolute Gasteiger partial charge is 0.493 e. The quantitative estimate of drug-likeness (QED) is 0.361. The minimum atomic E-state index is -0.872. The molecule has 1 aliphatic heterocycles. The number of anilines is 1. The number of nitrogens with zero attached hydrogens (tertiary/aromatic N) is 1. The number of urea groups is 1. The summed E-state index contributed by atoms with van der Waals surface area (Å²) in [5.41, 5.74) is 0.501. The Kier molecular flexibility index (Phi) is 7.20. The van der Waals surface area contributed by atoms with Gasteiger partial charge in [-0.05, 0) is 48.4 Å². The lowest BCUT2D eigenvalue weighted by molar-refractivity contribution is -0.122. The highest BCUT2D eigenvalue weighted by molar-refractivity contribution is 6.43. The van der Waals surface area contributed by atoms with Crippen molar-refractivity contribution in [2.24, 2.45) is 0 Å². The van der Waals surface area contributed by atoms with Crippen LogP contribution in [0, 0.1) is 0 Å². The second-order valence-electron chi connectivity index (χ2n) is 6.67. The average molecular weight is 463 g/mol. The van der Waals surface area contributed by atoms with Crippen LogP contribution in [-0.4, -0.2) is 31.6 Å². The van der Waals surface area contributed by atoms with E-state index in [0.717, 1.165) is 17.7 Å². The average Bonchev–Trinajstić information content (AvgIpc) is 2.74. The fourth-order valence-electron chi connectivity index (χ4n) is 2.90. The summed E-state index contributed by atoms with van der Waals surface area (Å²) in [7, 11) is 1.50. The number of halogens is 2. The van der Waals surface area contributed by atoms with Crippen molar-refractivity contribution in [2.75, 3.05) is 18.6 Å². The molecule has 0 aromatic heterocycles. The SMILES string of the molecule is CCCCOc1ccc(C=C2C(=O)NC(=O)N(c3ccc(Cl)c(Cl)c3)C2=O)cc1OC. The molecule has 1 aliphatic rings. The van der Waals surface area contributed by atoms with Gasteiger partial charge in [0.25, 0.3) is 11.8 Å². The molecule has 1 heterocycles. The molecule has 1 saturated heterocycles. The first-order valence-corrected chi connectivity index (χ1v) is 10.3. The van der Waals surface area contributed by atoms with Crippen molar-refractivity contribution in [2.45, 2.75) is 19.8 Å². The first-order valence-electron chi connectivity index (χ1n) is 9.53. The van der Waals surface area contributed by atoms with Crippen LogP contribution >= 0.6 is 23.2 Å². The van der Waals surface area contributed by atoms with E-state index in [1.54, 1.807) is 18.2 Å². The number of benzene rings is 2. The predicted molar refractivity (Wildman–Crippen MR) is 119 cm³/mol. The molecule has 162 valence electrons. The molecular formula is C22H20Cl2N2O5. The zero-order valence-corrected chi connectivity index (χ0v) is 18.4. The maximum absolute atomic E-state index is 13.0. The maximum atomic E-state index is 13.0. The van der Waals surface area contributed by atoms with Crippen LogP contribution in [0.5, 0.6) is 11.5 Å². The third-order valence-electron chi connectivity index (χ3n) is 4.52. The van der Waals surface area contributed by atoms with Crippen molar-refractivity contribution in [3.63, 3.8) is 0 Å². The third-order valence-corrected chi connectivity index (χ3v) is 5.26. The number of rotatable bonds is 7. The van der Waals surface area contributed by atoms with Gasteiger partial charge in [-0.25, -0.2) is 9.69 Å². The molecule has 9 heteroatoms. The Bertz CT molecular complexity index is 1070. The fraction of sp³-hybridized carbons (Fsp3) is 0.227. The zero-order valence-electron chi connectivity index (χ0n) is 16.9. The lowest BCUT2D eigenvalue weighted by Crippen LogP contribution is -2.54. The molecule has 31 heavy (non-hydrogen) atoms. The Morgan fingerprint density at radius 1 is 1.03 bits per heavy atom. The van der Waals surface area contributed by atoms with Crippen molar-refractivity contribution in [3.05, 3.63) is 57.6 Å². The van der Waals surface area contributed by atoms with Crippen LogP contribution in [0.15, 0.2) is 42.0 Å². The molecule has 0 radical (unpaired) electrons. The molecule has 0 spiro atoms. The van der Waals surface area contributed by atoms with Crippen molar-refractivity contribution < 1.29 is 23.9 Å². The number of unbranched alkanes of at least 4 members (excludes halogenated alkanes) is 1. The third kappa shape index (κ3) is 5.00. The fourth-order valence-corrected chi connectivity index (χ4v) is 3.19. The van der Waals surface area contributed by atoms with Gasteiger partial charge in [0.15, 0.2) is 11.5 Å². The van der Waals surface area contributed by atoms with Crippen LogP contribution in [0.1, 0.15) is 25.3 Å². The Balaban J connectivity index is 1.93. The van der Waals surface area contributed by atoms with Gasteiger partial charge in [-0.3, -0.25) is 14.9 Å². The Morgan fingerprint density at radius 2 is 1.81 bits per heavy atom. The molecule has 3 rings (SSSR count). The number of nitrogens with one attached hydrogen (secondary N) is 1. The van der Waals surface area contributed by atoms with E-state index < -0.39 is 17.8 Å². The monoisotopic (exact) mass is 462 g/mol. The van der Waals surface area contributed by atoms with Gasteiger partial charge >= 0.3 is 6.03 Å². The van der Waals surface area contributed by atoms with Crippen molar-refractivity contribution in [3.8, 4) is 11.5 Å². The summed E-state index contributed by atoms with van der Waals surface area (Å²) in [6.07, 6.45) is 3.28. The number of carbonyl (C=O) groups is 3. The van der Waals surface area contributed by atoms with Gasteiger partial charge in [-0.1, -0.05) is 42.6 Å². The molecule has 7 nitrogen and oxygen atoms in total. The number of hydrogen-bond acceptors (Lipinski definition) is 5. The summed E-state index contributed by atoms with van der Waals surface area (Å²) in [5.74, 6) is -0.556. The van der Waals surface area contributed by atoms with Gasteiger partial charge in [0.05, 0.1) is 29.4 Å². The summed E-state index contributed by atoms with van der Waals surface area (Å²) in [5, 5.41) is 2.61. The standard InChI is InChI=1S/C22H20Cl2N2O5/c1-3-4-9-31-18-8-5-13(11-19(18)30-2)10-15-20(27)25-22(29)26(21(15)28)14-6-7-16(23)17(24)12-14/h5-8,10-12H,3-4,9H2,1-2H3,(H,25,27,29). The number of methoxy groups -OCH3 is 1. The molecule has 0 aliphatic carbocycles. The zero-order chi connectivity index (χ0) is 22.5. The summed E-state index contributed by atoms with van der Waals surface area (Å²) in [6, 6.07) is 8.47. The lowest BCUT2D eigenvalue weighted by Gasteiger charge is -2.26. The minimum Gasteiger partial charge on any atom is -0.493 e. The molecule has 1 N–H and O–H groups in total. The highest BCUT2D eigenvalue weighted by atomic mass is 35.5. The first kappa shape index (κ1) is 22.7. The highest BCUT2D eigenvalue weighted by Gasteiger charge is 2.37. The molecule has 0 saturated carbocycles. The highest BCUT2D eigenvalue weighted by Crippen LogP contribution is 2.31. The second-order valence-corrected chi connectivity index (χ2v) is 7.48. The van der Waals surface area contributed by atoms with Gasteiger partial charge in [0.2, 0.25) is 0 Å². The van der Waals surface area contributed by atoms with Gasteiger partial charge in [0.1, 0.15) is 5.57 Å². The van der Waals surface area contributed by atoms with E-state index in [2.05, 4.69) is 12.2 Å². The van der Waals surface area contributed by atoms with Crippen LogP contribution in [0.4, 0.5) is 10.5 Å². The molecule has 4 amide bonds. The van der Waals surface area contributed by atoms with E-state index in [1.165, 1.54) is 31.4 Å². The lowest BCUT2D eigenvalue weighted by atomic mass is 10.1. The van der Waals surface area contributed by atoms with Gasteiger partial charge in [-0.2, -0.15) is 0 Å². The summed E-state index contributed by atoms with van der Waals surface area (Å²) >= 11 is 11.9. The molecular weight excluding hydrogens is 443 g/mol. The second kappa shape index (κ2) is 9.85. The van der Waals surface area contributed by atoms with E-state index in [0.29, 0.717) is 23.7 Å². The van der Waals surface area contributed by atoms with Crippen LogP contribution in [0.2, 0.25) is 10.0 Å². The number of ether oxygens (including phenoxy) is 2. The van der Waals surface area contributed by atoms with Crippen molar-refractivity contribution >= 4 is 52.8 Å². The minimum absolute atomic E-state index is 0.172. The van der Waals surface area contributed by atoms with E-state index in [9.17, 15) is 14.4 Å². The maximum Gasteiger partial charge on any atom is 0.335 e. The summed E-state index contributed by atoms with van der Waals surface area (Å²) < 4.78 is 11.1. The summed E-state index contributed by atoms with van der Waals surface area (Å²) in [4.78, 5) is 38.5. The molecule has 2 aromatic carbocycles. The molecule has 1 fully saturated rings. The summed E-state index contributed by atoms with van der Waals surface area (Å²) in [6.45, 7) is 2.61. The van der Waals surface area contributed by atoms with Crippen molar-refractivity contribution in [1.82, 2.24) is 5.32 Å². The molecule has 2 aromatic rings. The van der Waals surface area contributed by atoms with Crippen LogP contribution in [-0.2, 0) is 9.59 Å². The normalized spacial score (nSPS) is 15.3. The number of barbiturate groups is 1. The Morgan fingerprint density at radius 3 is 2.48 bits per heavy atom. The van der Waals surface area contributed by atoms with E-state index in [4.69, 9.17) is 32.7 Å². The van der Waals surface area contributed by atoms with Crippen molar-refractivity contribution in [1.29, 1.82) is 0 Å². The van der Waals surface area contributed by atoms with Gasteiger partial charge < -0.3 is 9.47 Å². The number of hydrogen-bond donors (Lipinski definition) is 1. The van der Waals surface area contributed by atoms with Crippen LogP contribution in [0.3, 0.4) is 0 Å². The topological polar surface area (TPSA) is 84.9 Å². The van der Waals surface area contributed by atoms with Crippen LogP contribution < -0.4 is 19.7 Å². The molecule has 0 atom stereocenters. The Hall–Kier alpha value is -3.03. The van der Waals surface area contributed by atoms with Gasteiger partial charge in [0, 0.05) is 0 Å². The van der Waals surface area contributed by atoms with E-state index >= 15 is 0 Å². The van der Waals surface area contributed by atoms with E-state index in [-0.39, 0.29) is 21.3 Å². The number of carbonyl (C=O) groups excluding carboxylic acids is 3. The molecule has 0 bridgehead atoms. The number of amides is 4. The predicted octanol–water partition coefficient (Wildman–Crippen LogP) is 4.85.